The third-order valence-electron chi connectivity index (χ3n) is 4.71. The molecule has 3 rings (SSSR count). The van der Waals surface area contributed by atoms with Crippen LogP contribution in [0, 0.1) is 5.82 Å². The number of nitrogens with one attached hydrogen (secondary N) is 1. The summed E-state index contributed by atoms with van der Waals surface area (Å²) in [6, 6.07) is 10.1. The van der Waals surface area contributed by atoms with Crippen molar-refractivity contribution in [2.45, 2.75) is 17.9 Å². The van der Waals surface area contributed by atoms with E-state index in [0.29, 0.717) is 0 Å². The zero-order chi connectivity index (χ0) is 21.2. The lowest BCUT2D eigenvalue weighted by Gasteiger charge is -2.26. The number of rotatable bonds is 6. The summed E-state index contributed by atoms with van der Waals surface area (Å²) in [7, 11) is -1.01. The molecule has 0 saturated carbocycles. The van der Waals surface area contributed by atoms with Crippen molar-refractivity contribution in [3.05, 3.63) is 72.1 Å². The Hall–Kier alpha value is -3.11. The number of benzene rings is 2. The van der Waals surface area contributed by atoms with Crippen LogP contribution < -0.4 is 4.72 Å². The van der Waals surface area contributed by atoms with Crippen LogP contribution in [0.25, 0.3) is 5.69 Å². The average Bonchev–Trinajstić information content (AvgIpc) is 3.27. The van der Waals surface area contributed by atoms with Gasteiger partial charge < -0.3 is 4.90 Å². The van der Waals surface area contributed by atoms with Crippen LogP contribution in [0.3, 0.4) is 0 Å². The Morgan fingerprint density at radius 3 is 2.48 bits per heavy atom. The molecule has 1 aromatic heterocycles. The third kappa shape index (κ3) is 4.17. The highest BCUT2D eigenvalue weighted by atomic mass is 32.2. The summed E-state index contributed by atoms with van der Waals surface area (Å²) in [5, 5.41) is 4.05. The second-order valence-corrected chi connectivity index (χ2v) is 8.26. The van der Waals surface area contributed by atoms with E-state index in [1.54, 1.807) is 17.9 Å². The Morgan fingerprint density at radius 1 is 1.21 bits per heavy atom. The second kappa shape index (κ2) is 8.10. The molecule has 0 aliphatic carbocycles. The number of hydrogen-bond donors (Lipinski definition) is 1. The molecule has 0 spiro atoms. The number of aromatic nitrogens is 3. The molecule has 0 bridgehead atoms. The van der Waals surface area contributed by atoms with Crippen LogP contribution in [0.1, 0.15) is 28.9 Å². The van der Waals surface area contributed by atoms with E-state index in [-0.39, 0.29) is 16.5 Å². The van der Waals surface area contributed by atoms with Crippen LogP contribution in [0.15, 0.2) is 60.0 Å². The zero-order valence-electron chi connectivity index (χ0n) is 16.1. The molecule has 0 saturated heterocycles. The molecule has 1 unspecified atom stereocenters. The molecule has 1 amide bonds. The zero-order valence-corrected chi connectivity index (χ0v) is 16.9. The van der Waals surface area contributed by atoms with Crippen LogP contribution in [0.5, 0.6) is 0 Å². The van der Waals surface area contributed by atoms with Crippen LogP contribution in [0.4, 0.5) is 4.39 Å². The van der Waals surface area contributed by atoms with Gasteiger partial charge in [-0.2, -0.15) is 5.10 Å². The molecule has 0 radical (unpaired) electrons. The molecule has 1 heterocycles. The molecule has 8 nitrogen and oxygen atoms in total. The van der Waals surface area contributed by atoms with E-state index < -0.39 is 21.7 Å². The smallest absolute Gasteiger partial charge is 0.257 e. The maximum absolute atomic E-state index is 14.3. The van der Waals surface area contributed by atoms with Gasteiger partial charge in [-0.15, -0.1) is 0 Å². The van der Waals surface area contributed by atoms with Gasteiger partial charge in [0.2, 0.25) is 10.0 Å². The highest BCUT2D eigenvalue weighted by molar-refractivity contribution is 7.89. The first-order valence-corrected chi connectivity index (χ1v) is 10.2. The summed E-state index contributed by atoms with van der Waals surface area (Å²) in [6.45, 7) is 1.80. The van der Waals surface area contributed by atoms with Crippen molar-refractivity contribution >= 4 is 15.9 Å². The molecule has 29 heavy (non-hydrogen) atoms. The lowest BCUT2D eigenvalue weighted by molar-refractivity contribution is 0.0737. The van der Waals surface area contributed by atoms with Gasteiger partial charge in [0.1, 0.15) is 18.5 Å². The van der Waals surface area contributed by atoms with Crippen molar-refractivity contribution in [1.82, 2.24) is 24.4 Å². The van der Waals surface area contributed by atoms with E-state index in [0.717, 1.165) is 29.4 Å². The fraction of sp³-hybridized carbons (Fsp3) is 0.211. The third-order valence-corrected chi connectivity index (χ3v) is 6.12. The molecular formula is C19H20FN5O3S. The minimum Gasteiger partial charge on any atom is -0.335 e. The second-order valence-electron chi connectivity index (χ2n) is 6.37. The molecule has 10 heteroatoms. The van der Waals surface area contributed by atoms with Crippen molar-refractivity contribution in [3.8, 4) is 5.69 Å². The first-order valence-electron chi connectivity index (χ1n) is 8.70. The summed E-state index contributed by atoms with van der Waals surface area (Å²) >= 11 is 0. The quantitative estimate of drug-likeness (QED) is 0.663. The SMILES string of the molecule is CNS(=O)(=O)c1ccc(F)c(C(=O)N(C)C(C)c2ccc(-n3cncn3)cc2)c1. The van der Waals surface area contributed by atoms with E-state index >= 15 is 0 Å². The Bertz CT molecular complexity index is 1120. The highest BCUT2D eigenvalue weighted by Crippen LogP contribution is 2.24. The predicted molar refractivity (Wildman–Crippen MR) is 105 cm³/mol. The Balaban J connectivity index is 1.85. The maximum Gasteiger partial charge on any atom is 0.257 e. The molecule has 2 aromatic carbocycles. The molecule has 1 atom stereocenters. The number of nitrogens with zero attached hydrogens (tertiary/aromatic N) is 4. The van der Waals surface area contributed by atoms with Gasteiger partial charge in [0, 0.05) is 7.05 Å². The summed E-state index contributed by atoms with van der Waals surface area (Å²) in [6.07, 6.45) is 3.00. The Kier molecular flexibility index (Phi) is 5.76. The minimum atomic E-state index is -3.80. The van der Waals surface area contributed by atoms with Gasteiger partial charge in [-0.3, -0.25) is 4.79 Å². The van der Waals surface area contributed by atoms with Crippen molar-refractivity contribution in [2.75, 3.05) is 14.1 Å². The average molecular weight is 417 g/mol. The van der Waals surface area contributed by atoms with E-state index in [2.05, 4.69) is 14.8 Å². The van der Waals surface area contributed by atoms with Gasteiger partial charge in [0.25, 0.3) is 5.91 Å². The summed E-state index contributed by atoms with van der Waals surface area (Å²) in [4.78, 5) is 17.9. The van der Waals surface area contributed by atoms with E-state index in [9.17, 15) is 17.6 Å². The van der Waals surface area contributed by atoms with Crippen molar-refractivity contribution in [1.29, 1.82) is 0 Å². The fourth-order valence-electron chi connectivity index (χ4n) is 2.79. The number of sulfonamides is 1. The van der Waals surface area contributed by atoms with E-state index in [1.165, 1.54) is 25.3 Å². The topological polar surface area (TPSA) is 97.2 Å². The normalized spacial score (nSPS) is 12.6. The van der Waals surface area contributed by atoms with Gasteiger partial charge in [-0.25, -0.2) is 27.2 Å². The maximum atomic E-state index is 14.3. The lowest BCUT2D eigenvalue weighted by Crippen LogP contribution is -2.30. The summed E-state index contributed by atoms with van der Waals surface area (Å²) in [5.41, 5.74) is 1.32. The first-order chi connectivity index (χ1) is 13.7. The molecular weight excluding hydrogens is 397 g/mol. The van der Waals surface area contributed by atoms with E-state index in [1.807, 2.05) is 24.3 Å². The van der Waals surface area contributed by atoms with Crippen LogP contribution in [-0.4, -0.2) is 48.1 Å². The molecule has 0 fully saturated rings. The number of amides is 1. The Morgan fingerprint density at radius 2 is 1.90 bits per heavy atom. The Labute approximate surface area is 168 Å². The van der Waals surface area contributed by atoms with Gasteiger partial charge >= 0.3 is 0 Å². The summed E-state index contributed by atoms with van der Waals surface area (Å²) in [5.74, 6) is -1.41. The summed E-state index contributed by atoms with van der Waals surface area (Å²) < 4.78 is 42.0. The largest absolute Gasteiger partial charge is 0.335 e. The van der Waals surface area contributed by atoms with Crippen molar-refractivity contribution in [2.24, 2.45) is 0 Å². The fourth-order valence-corrected chi connectivity index (χ4v) is 3.55. The first kappa shape index (κ1) is 20.6. The van der Waals surface area contributed by atoms with Gasteiger partial charge in [0.05, 0.1) is 22.2 Å². The molecule has 0 aliphatic heterocycles. The number of carbonyl (C=O) groups excluding carboxylic acids is 1. The van der Waals surface area contributed by atoms with Crippen LogP contribution in [-0.2, 0) is 10.0 Å². The number of halogens is 1. The monoisotopic (exact) mass is 417 g/mol. The van der Waals surface area contributed by atoms with Crippen molar-refractivity contribution < 1.29 is 17.6 Å². The standard InChI is InChI=1S/C19H20FN5O3S/c1-13(14-4-6-15(7-5-14)25-12-22-11-23-25)24(3)19(26)17-10-16(8-9-18(17)20)29(27,28)21-2/h4-13,21H,1-3H3. The predicted octanol–water partition coefficient (Wildman–Crippen LogP) is 2.15. The van der Waals surface area contributed by atoms with Gasteiger partial charge in [-0.1, -0.05) is 12.1 Å². The molecule has 152 valence electrons. The van der Waals surface area contributed by atoms with Crippen LogP contribution >= 0.6 is 0 Å². The minimum absolute atomic E-state index is 0.178. The van der Waals surface area contributed by atoms with Gasteiger partial charge in [-0.05, 0) is 49.9 Å². The van der Waals surface area contributed by atoms with Crippen LogP contribution in [0.2, 0.25) is 0 Å². The highest BCUT2D eigenvalue weighted by Gasteiger charge is 2.24. The van der Waals surface area contributed by atoms with Gasteiger partial charge in [0.15, 0.2) is 0 Å². The van der Waals surface area contributed by atoms with E-state index in [4.69, 9.17) is 0 Å². The lowest BCUT2D eigenvalue weighted by atomic mass is 10.1. The molecule has 3 aromatic rings. The number of hydrogen-bond acceptors (Lipinski definition) is 5. The number of carbonyl (C=O) groups is 1. The molecule has 1 N–H and O–H groups in total. The van der Waals surface area contributed by atoms with Crippen molar-refractivity contribution in [3.63, 3.8) is 0 Å². The molecule has 0 aliphatic rings.